The number of benzene rings is 1. The molecule has 1 atom stereocenters. The zero-order valence-corrected chi connectivity index (χ0v) is 13.5. The van der Waals surface area contributed by atoms with E-state index in [2.05, 4.69) is 30.0 Å². The summed E-state index contributed by atoms with van der Waals surface area (Å²) in [5.74, 6) is -2.13. The van der Waals surface area contributed by atoms with Crippen molar-refractivity contribution < 1.29 is 31.7 Å². The topological polar surface area (TPSA) is 89.6 Å². The average Bonchev–Trinajstić information content (AvgIpc) is 3.09. The van der Waals surface area contributed by atoms with Gasteiger partial charge in [-0.25, -0.2) is 4.39 Å². The summed E-state index contributed by atoms with van der Waals surface area (Å²) in [5.41, 5.74) is 0.522. The van der Waals surface area contributed by atoms with Gasteiger partial charge in [0.25, 0.3) is 5.91 Å². The van der Waals surface area contributed by atoms with Crippen LogP contribution in [0.1, 0.15) is 23.2 Å². The van der Waals surface area contributed by atoms with E-state index in [1.54, 1.807) is 6.92 Å². The number of alkyl halides is 4. The number of hydrogen-bond donors (Lipinski definition) is 1. The molecule has 11 heteroatoms. The van der Waals surface area contributed by atoms with Gasteiger partial charge in [0.1, 0.15) is 13.3 Å². The van der Waals surface area contributed by atoms with Crippen molar-refractivity contribution in [2.75, 3.05) is 13.3 Å². The number of carbonyl (C=O) groups excluding carboxylic acids is 1. The molecule has 0 saturated carbocycles. The Morgan fingerprint density at radius 1 is 1.38 bits per heavy atom. The summed E-state index contributed by atoms with van der Waals surface area (Å²) >= 11 is 0. The zero-order chi connectivity index (χ0) is 19.2. The minimum absolute atomic E-state index is 0.176. The first-order chi connectivity index (χ1) is 12.3. The van der Waals surface area contributed by atoms with Crippen LogP contribution in [0.3, 0.4) is 0 Å². The highest BCUT2D eigenvalue weighted by atomic mass is 19.4. The van der Waals surface area contributed by atoms with Crippen LogP contribution in [0.15, 0.2) is 33.9 Å². The fourth-order valence-electron chi connectivity index (χ4n) is 1.78. The first-order valence-corrected chi connectivity index (χ1v) is 7.35. The molecule has 0 aliphatic rings. The van der Waals surface area contributed by atoms with Gasteiger partial charge in [0.05, 0.1) is 12.3 Å². The molecule has 1 N–H and O–H groups in total. The molecule has 140 valence electrons. The summed E-state index contributed by atoms with van der Waals surface area (Å²) in [6.45, 7) is 0.784. The van der Waals surface area contributed by atoms with Crippen LogP contribution >= 0.6 is 0 Å². The highest BCUT2D eigenvalue weighted by molar-refractivity contribution is 5.96. The van der Waals surface area contributed by atoms with E-state index in [1.807, 2.05) is 0 Å². The molecule has 2 rings (SSSR count). The average molecular weight is 374 g/mol. The number of aromatic nitrogens is 2. The standard InChI is InChI=1S/C15H14F4N4O3/c1-9(8-20-25-7-6-16)21-13(24)11-4-2-10(3-5-11)12-22-14(26-23-12)15(17,18)19/h2-5,8-9H,6-7H2,1H3,(H,21,24)/b20-8+. The van der Waals surface area contributed by atoms with Crippen molar-refractivity contribution in [3.8, 4) is 11.4 Å². The second-order valence-electron chi connectivity index (χ2n) is 5.04. The molecule has 1 amide bonds. The number of nitrogens with one attached hydrogen (secondary N) is 1. The highest BCUT2D eigenvalue weighted by Gasteiger charge is 2.38. The molecule has 0 radical (unpaired) electrons. The maximum Gasteiger partial charge on any atom is 0.471 e. The predicted molar refractivity (Wildman–Crippen MR) is 82.1 cm³/mol. The summed E-state index contributed by atoms with van der Waals surface area (Å²) in [6.07, 6.45) is -3.43. The Bertz CT molecular complexity index is 759. The number of oxime groups is 1. The number of amides is 1. The van der Waals surface area contributed by atoms with Crippen molar-refractivity contribution in [1.29, 1.82) is 0 Å². The monoisotopic (exact) mass is 374 g/mol. The highest BCUT2D eigenvalue weighted by Crippen LogP contribution is 2.29. The molecule has 0 aliphatic heterocycles. The van der Waals surface area contributed by atoms with Gasteiger partial charge in [0.2, 0.25) is 5.82 Å². The molecule has 7 nitrogen and oxygen atoms in total. The van der Waals surface area contributed by atoms with Gasteiger partial charge in [0.15, 0.2) is 0 Å². The summed E-state index contributed by atoms with van der Waals surface area (Å²) in [6, 6.07) is 5.11. The molecule has 0 aliphatic carbocycles. The molecular weight excluding hydrogens is 360 g/mol. The molecule has 1 heterocycles. The molecule has 0 fully saturated rings. The van der Waals surface area contributed by atoms with Gasteiger partial charge < -0.3 is 14.7 Å². The summed E-state index contributed by atoms with van der Waals surface area (Å²) in [4.78, 5) is 19.9. The molecule has 1 aromatic heterocycles. The van der Waals surface area contributed by atoms with Crippen LogP contribution in [0.4, 0.5) is 17.6 Å². The van der Waals surface area contributed by atoms with E-state index in [0.29, 0.717) is 0 Å². The third-order valence-corrected chi connectivity index (χ3v) is 2.96. The van der Waals surface area contributed by atoms with E-state index in [-0.39, 0.29) is 23.6 Å². The number of nitrogens with zero attached hydrogens (tertiary/aromatic N) is 3. The lowest BCUT2D eigenvalue weighted by Gasteiger charge is -2.09. The van der Waals surface area contributed by atoms with E-state index in [1.165, 1.54) is 30.5 Å². The fourth-order valence-corrected chi connectivity index (χ4v) is 1.78. The van der Waals surface area contributed by atoms with Gasteiger partial charge in [-0.3, -0.25) is 4.79 Å². The summed E-state index contributed by atoms with van der Waals surface area (Å²) < 4.78 is 53.3. The molecule has 0 saturated heterocycles. The maximum absolute atomic E-state index is 12.5. The molecule has 2 aromatic rings. The third-order valence-electron chi connectivity index (χ3n) is 2.96. The van der Waals surface area contributed by atoms with Crippen LogP contribution in [0, 0.1) is 0 Å². The zero-order valence-electron chi connectivity index (χ0n) is 13.5. The molecule has 1 unspecified atom stereocenters. The van der Waals surface area contributed by atoms with Crippen molar-refractivity contribution in [3.63, 3.8) is 0 Å². The van der Waals surface area contributed by atoms with Crippen LogP contribution in [-0.4, -0.2) is 41.6 Å². The van der Waals surface area contributed by atoms with Gasteiger partial charge in [0, 0.05) is 11.1 Å². The fraction of sp³-hybridized carbons (Fsp3) is 0.333. The molecule has 26 heavy (non-hydrogen) atoms. The Morgan fingerprint density at radius 2 is 2.08 bits per heavy atom. The number of halogens is 4. The Labute approximate surface area is 145 Å². The molecular formula is C15H14F4N4O3. The number of carbonyl (C=O) groups is 1. The Balaban J connectivity index is 1.99. The van der Waals surface area contributed by atoms with E-state index >= 15 is 0 Å². The normalized spacial score (nSPS) is 13.0. The first-order valence-electron chi connectivity index (χ1n) is 7.35. The van der Waals surface area contributed by atoms with Gasteiger partial charge in [-0.1, -0.05) is 22.4 Å². The third kappa shape index (κ3) is 5.26. The van der Waals surface area contributed by atoms with Crippen molar-refractivity contribution in [3.05, 3.63) is 35.7 Å². The number of hydrogen-bond acceptors (Lipinski definition) is 6. The van der Waals surface area contributed by atoms with Crippen LogP contribution in [0.25, 0.3) is 11.4 Å². The van der Waals surface area contributed by atoms with Crippen LogP contribution < -0.4 is 5.32 Å². The minimum Gasteiger partial charge on any atom is -0.393 e. The largest absolute Gasteiger partial charge is 0.471 e. The van der Waals surface area contributed by atoms with Crippen molar-refractivity contribution in [2.45, 2.75) is 19.1 Å². The Morgan fingerprint density at radius 3 is 2.65 bits per heavy atom. The van der Waals surface area contributed by atoms with Gasteiger partial charge in [-0.05, 0) is 19.1 Å². The summed E-state index contributed by atoms with van der Waals surface area (Å²) in [5, 5.41) is 9.34. The Kier molecular flexibility index (Phi) is 6.26. The molecule has 0 bridgehead atoms. The van der Waals surface area contributed by atoms with Gasteiger partial charge in [-0.2, -0.15) is 18.2 Å². The second-order valence-corrected chi connectivity index (χ2v) is 5.04. The predicted octanol–water partition coefficient (Wildman–Crippen LogP) is 2.85. The lowest BCUT2D eigenvalue weighted by Crippen LogP contribution is -2.33. The van der Waals surface area contributed by atoms with Crippen molar-refractivity contribution in [1.82, 2.24) is 15.5 Å². The second kappa shape index (κ2) is 8.41. The lowest BCUT2D eigenvalue weighted by molar-refractivity contribution is -0.159. The van der Waals surface area contributed by atoms with E-state index in [9.17, 15) is 22.4 Å². The molecule has 0 spiro atoms. The minimum atomic E-state index is -4.73. The van der Waals surface area contributed by atoms with Crippen molar-refractivity contribution >= 4 is 12.1 Å². The number of rotatable bonds is 7. The van der Waals surface area contributed by atoms with Crippen LogP contribution in [0.2, 0.25) is 0 Å². The maximum atomic E-state index is 12.5. The van der Waals surface area contributed by atoms with Crippen LogP contribution in [-0.2, 0) is 11.0 Å². The van der Waals surface area contributed by atoms with E-state index in [0.717, 1.165) is 0 Å². The van der Waals surface area contributed by atoms with E-state index in [4.69, 9.17) is 0 Å². The first kappa shape index (κ1) is 19.3. The summed E-state index contributed by atoms with van der Waals surface area (Å²) in [7, 11) is 0. The quantitative estimate of drug-likeness (QED) is 0.348. The van der Waals surface area contributed by atoms with Crippen molar-refractivity contribution in [2.24, 2.45) is 5.16 Å². The Hall–Kier alpha value is -2.98. The van der Waals surface area contributed by atoms with Gasteiger partial charge >= 0.3 is 12.1 Å². The van der Waals surface area contributed by atoms with Gasteiger partial charge in [-0.15, -0.1) is 0 Å². The SMILES string of the molecule is CC(/C=N/OCCF)NC(=O)c1ccc(-c2noc(C(F)(F)F)n2)cc1. The van der Waals surface area contributed by atoms with E-state index < -0.39 is 30.7 Å². The molecule has 1 aromatic carbocycles. The smallest absolute Gasteiger partial charge is 0.393 e. The van der Waals surface area contributed by atoms with Crippen LogP contribution in [0.5, 0.6) is 0 Å². The lowest BCUT2D eigenvalue weighted by atomic mass is 10.1.